The van der Waals surface area contributed by atoms with E-state index >= 15 is 0 Å². The van der Waals surface area contributed by atoms with E-state index in [1.165, 1.54) is 5.57 Å². The molecule has 0 aromatic heterocycles. The van der Waals surface area contributed by atoms with E-state index in [1.807, 2.05) is 24.1 Å². The topological polar surface area (TPSA) is 20.3 Å². The molecule has 1 amide bonds. The Hall–Kier alpha value is -1.05. The number of carbonyl (C=O) groups excluding carboxylic acids is 1. The van der Waals surface area contributed by atoms with Crippen molar-refractivity contribution in [3.05, 3.63) is 24.4 Å². The van der Waals surface area contributed by atoms with Gasteiger partial charge in [-0.05, 0) is 46.1 Å². The van der Waals surface area contributed by atoms with Crippen LogP contribution in [0.5, 0.6) is 0 Å². The molecule has 0 radical (unpaired) electrons. The number of hydrogen-bond acceptors (Lipinski definition) is 1. The van der Waals surface area contributed by atoms with Crippen LogP contribution in [0.2, 0.25) is 0 Å². The van der Waals surface area contributed by atoms with Crippen LogP contribution in [-0.2, 0) is 4.79 Å². The molecule has 1 aliphatic heterocycles. The van der Waals surface area contributed by atoms with Gasteiger partial charge >= 0.3 is 0 Å². The van der Waals surface area contributed by atoms with Gasteiger partial charge in [0.25, 0.3) is 0 Å². The summed E-state index contributed by atoms with van der Waals surface area (Å²) < 4.78 is 0. The number of allylic oxidation sites excluding steroid dienone is 1. The summed E-state index contributed by atoms with van der Waals surface area (Å²) in [5.74, 6) is 0.205. The maximum Gasteiger partial charge on any atom is 0.237 e. The van der Waals surface area contributed by atoms with Crippen LogP contribution in [0.25, 0.3) is 0 Å². The molecule has 0 saturated heterocycles. The summed E-state index contributed by atoms with van der Waals surface area (Å²) in [5, 5.41) is 0. The fourth-order valence-corrected chi connectivity index (χ4v) is 2.25. The highest BCUT2D eigenvalue weighted by Gasteiger charge is 2.46. The second-order valence-electron chi connectivity index (χ2n) is 5.68. The van der Waals surface area contributed by atoms with Crippen LogP contribution in [0.15, 0.2) is 24.4 Å². The summed E-state index contributed by atoms with van der Waals surface area (Å²) in [6, 6.07) is 0. The van der Waals surface area contributed by atoms with Gasteiger partial charge in [0.05, 0.1) is 5.41 Å². The highest BCUT2D eigenvalue weighted by Crippen LogP contribution is 2.43. The van der Waals surface area contributed by atoms with Crippen molar-refractivity contribution >= 4 is 5.91 Å². The number of hydrogen-bond donors (Lipinski definition) is 0. The average molecular weight is 221 g/mol. The Morgan fingerprint density at radius 3 is 2.44 bits per heavy atom. The van der Waals surface area contributed by atoms with Crippen LogP contribution in [0.4, 0.5) is 0 Å². The molecular weight excluding hydrogens is 198 g/mol. The van der Waals surface area contributed by atoms with Gasteiger partial charge < -0.3 is 4.90 Å². The lowest BCUT2D eigenvalue weighted by Gasteiger charge is -2.33. The molecular formula is C14H23NO. The Kier molecular flexibility index (Phi) is 3.32. The summed E-state index contributed by atoms with van der Waals surface area (Å²) in [5.41, 5.74) is 0.701. The lowest BCUT2D eigenvalue weighted by molar-refractivity contribution is -0.137. The van der Waals surface area contributed by atoms with Crippen LogP contribution in [0.1, 0.15) is 47.5 Å². The Morgan fingerprint density at radius 2 is 2.06 bits per heavy atom. The molecule has 1 rings (SSSR count). The summed E-state index contributed by atoms with van der Waals surface area (Å²) >= 11 is 0. The standard InChI is InChI=1S/C14H23NO/c1-7-9-14(6)11(8-2)10-15(12(14)16)13(3,4)5/h7,10H,1,8-9H2,2-6H3. The minimum absolute atomic E-state index is 0.142. The minimum atomic E-state index is -0.371. The highest BCUT2D eigenvalue weighted by molar-refractivity contribution is 5.90. The van der Waals surface area contributed by atoms with Crippen molar-refractivity contribution in [3.63, 3.8) is 0 Å². The summed E-state index contributed by atoms with van der Waals surface area (Å²) in [6.07, 6.45) is 5.51. The molecule has 0 saturated carbocycles. The zero-order chi connectivity index (χ0) is 12.6. The van der Waals surface area contributed by atoms with E-state index in [1.54, 1.807) is 0 Å². The van der Waals surface area contributed by atoms with Crippen LogP contribution in [0, 0.1) is 5.41 Å². The third kappa shape index (κ3) is 1.93. The fraction of sp³-hybridized carbons (Fsp3) is 0.643. The Bertz CT molecular complexity index is 335. The Labute approximate surface area is 99.0 Å². The van der Waals surface area contributed by atoms with Crippen molar-refractivity contribution in [1.82, 2.24) is 4.90 Å². The normalized spacial score (nSPS) is 25.9. The molecule has 0 bridgehead atoms. The first-order chi connectivity index (χ1) is 7.27. The molecule has 0 N–H and O–H groups in total. The largest absolute Gasteiger partial charge is 0.313 e. The molecule has 2 nitrogen and oxygen atoms in total. The molecule has 0 aromatic carbocycles. The predicted molar refractivity (Wildman–Crippen MR) is 67.9 cm³/mol. The van der Waals surface area contributed by atoms with E-state index < -0.39 is 0 Å². The van der Waals surface area contributed by atoms with Crippen LogP contribution < -0.4 is 0 Å². The average Bonchev–Trinajstić information content (AvgIpc) is 2.40. The van der Waals surface area contributed by atoms with Gasteiger partial charge in [0.15, 0.2) is 0 Å². The highest BCUT2D eigenvalue weighted by atomic mass is 16.2. The molecule has 0 fully saturated rings. The van der Waals surface area contributed by atoms with E-state index in [2.05, 4.69) is 34.3 Å². The SMILES string of the molecule is C=CCC1(C)C(=O)N(C(C)(C)C)C=C1CC. The second kappa shape index (κ2) is 4.08. The van der Waals surface area contributed by atoms with Gasteiger partial charge in [0.2, 0.25) is 5.91 Å². The number of amides is 1. The molecule has 1 atom stereocenters. The number of carbonyl (C=O) groups is 1. The first-order valence-corrected chi connectivity index (χ1v) is 5.93. The minimum Gasteiger partial charge on any atom is -0.313 e. The zero-order valence-electron chi connectivity index (χ0n) is 11.1. The Balaban J connectivity index is 3.13. The quantitative estimate of drug-likeness (QED) is 0.668. The monoisotopic (exact) mass is 221 g/mol. The number of nitrogens with zero attached hydrogens (tertiary/aromatic N) is 1. The van der Waals surface area contributed by atoms with Gasteiger partial charge in [-0.2, -0.15) is 0 Å². The van der Waals surface area contributed by atoms with Gasteiger partial charge in [-0.15, -0.1) is 6.58 Å². The first kappa shape index (κ1) is 13.0. The second-order valence-corrected chi connectivity index (χ2v) is 5.68. The van der Waals surface area contributed by atoms with Gasteiger partial charge in [0, 0.05) is 11.7 Å². The first-order valence-electron chi connectivity index (χ1n) is 5.93. The van der Waals surface area contributed by atoms with Gasteiger partial charge in [-0.3, -0.25) is 4.79 Å². The van der Waals surface area contributed by atoms with E-state index in [-0.39, 0.29) is 16.9 Å². The van der Waals surface area contributed by atoms with Crippen LogP contribution >= 0.6 is 0 Å². The third-order valence-corrected chi connectivity index (χ3v) is 3.34. The molecule has 16 heavy (non-hydrogen) atoms. The van der Waals surface area contributed by atoms with Crippen molar-refractivity contribution in [1.29, 1.82) is 0 Å². The molecule has 0 aromatic rings. The molecule has 90 valence electrons. The van der Waals surface area contributed by atoms with E-state index in [0.29, 0.717) is 0 Å². The van der Waals surface area contributed by atoms with Gasteiger partial charge in [-0.25, -0.2) is 0 Å². The smallest absolute Gasteiger partial charge is 0.237 e. The van der Waals surface area contributed by atoms with Crippen molar-refractivity contribution in [2.45, 2.75) is 53.0 Å². The Morgan fingerprint density at radius 1 is 1.50 bits per heavy atom. The fourth-order valence-electron chi connectivity index (χ4n) is 2.25. The van der Waals surface area contributed by atoms with Crippen molar-refractivity contribution in [3.8, 4) is 0 Å². The van der Waals surface area contributed by atoms with Gasteiger partial charge in [-0.1, -0.05) is 13.0 Å². The molecule has 1 heterocycles. The third-order valence-electron chi connectivity index (χ3n) is 3.34. The molecule has 1 unspecified atom stereocenters. The molecule has 0 spiro atoms. The summed E-state index contributed by atoms with van der Waals surface area (Å²) in [6.45, 7) is 14.1. The van der Waals surface area contributed by atoms with E-state index in [0.717, 1.165) is 12.8 Å². The molecule has 2 heteroatoms. The van der Waals surface area contributed by atoms with E-state index in [9.17, 15) is 4.79 Å². The molecule has 0 aliphatic carbocycles. The van der Waals surface area contributed by atoms with Crippen LogP contribution in [0.3, 0.4) is 0 Å². The maximum atomic E-state index is 12.5. The van der Waals surface area contributed by atoms with Crippen molar-refractivity contribution in [2.24, 2.45) is 5.41 Å². The van der Waals surface area contributed by atoms with Crippen LogP contribution in [-0.4, -0.2) is 16.3 Å². The van der Waals surface area contributed by atoms with Crippen molar-refractivity contribution < 1.29 is 4.79 Å². The lowest BCUT2D eigenvalue weighted by Crippen LogP contribution is -2.44. The van der Waals surface area contributed by atoms with Gasteiger partial charge in [0.1, 0.15) is 0 Å². The van der Waals surface area contributed by atoms with Crippen molar-refractivity contribution in [2.75, 3.05) is 0 Å². The maximum absolute atomic E-state index is 12.5. The van der Waals surface area contributed by atoms with E-state index in [4.69, 9.17) is 0 Å². The summed E-state index contributed by atoms with van der Waals surface area (Å²) in [4.78, 5) is 14.3. The molecule has 1 aliphatic rings. The zero-order valence-corrected chi connectivity index (χ0v) is 11.1. The summed E-state index contributed by atoms with van der Waals surface area (Å²) in [7, 11) is 0. The number of rotatable bonds is 3. The lowest BCUT2D eigenvalue weighted by atomic mass is 9.79. The predicted octanol–water partition coefficient (Wildman–Crippen LogP) is 3.50.